The highest BCUT2D eigenvalue weighted by molar-refractivity contribution is 6.32. The highest BCUT2D eigenvalue weighted by Gasteiger charge is 2.20. The zero-order valence-corrected chi connectivity index (χ0v) is 38.5. The molecule has 2 aliphatic heterocycles. The molecule has 2 aromatic carbocycles. The van der Waals surface area contributed by atoms with Crippen molar-refractivity contribution >= 4 is 70.0 Å². The van der Waals surface area contributed by atoms with Gasteiger partial charge < -0.3 is 50.1 Å². The van der Waals surface area contributed by atoms with Gasteiger partial charge in [0.1, 0.15) is 18.1 Å². The van der Waals surface area contributed by atoms with Crippen molar-refractivity contribution in [2.24, 2.45) is 0 Å². The number of hydrogen-bond acceptors (Lipinski definition) is 16. The molecule has 8 rings (SSSR count). The lowest BCUT2D eigenvalue weighted by Gasteiger charge is -2.18. The van der Waals surface area contributed by atoms with E-state index in [9.17, 15) is 0 Å². The van der Waals surface area contributed by atoms with Gasteiger partial charge in [-0.15, -0.1) is 0 Å². The summed E-state index contributed by atoms with van der Waals surface area (Å²) in [5.74, 6) is 3.00. The molecule has 4 aliphatic rings. The predicted molar refractivity (Wildman–Crippen MR) is 248 cm³/mol. The van der Waals surface area contributed by atoms with Crippen molar-refractivity contribution in [2.75, 3.05) is 61.9 Å². The third-order valence-corrected chi connectivity index (χ3v) is 11.8. The van der Waals surface area contributed by atoms with E-state index in [1.54, 1.807) is 38.5 Å². The molecule has 0 bridgehead atoms. The van der Waals surface area contributed by atoms with Crippen LogP contribution in [0.3, 0.4) is 0 Å². The molecule has 0 amide bonds. The zero-order chi connectivity index (χ0) is 44.2. The van der Waals surface area contributed by atoms with Crippen molar-refractivity contribution in [3.8, 4) is 17.5 Å². The topological polar surface area (TPSA) is 192 Å². The Bertz CT molecular complexity index is 1980. The number of methoxy groups -OCH3 is 2. The van der Waals surface area contributed by atoms with Crippen LogP contribution >= 0.6 is 34.8 Å². The normalized spacial score (nSPS) is 19.3. The second kappa shape index (κ2) is 25.9. The molecule has 2 saturated heterocycles. The minimum absolute atomic E-state index is 0.0897. The van der Waals surface area contributed by atoms with E-state index < -0.39 is 0 Å². The molecule has 0 spiro atoms. The lowest BCUT2D eigenvalue weighted by atomic mass is 10.1. The number of hydrogen-bond donors (Lipinski definition) is 5. The standard InChI is InChI=1S/C22H30ClN5O3.C17H21Cl2N5O.C5H10O2/c1-29-19-11-10-16(13-18(19)23)25-21-26-20(24-15-7-4-2-3-5-8-15)27-22(28-21)31-14-17-9-6-12-30-17;1-25-14-9-8-12(10-13(14)18)21-17-23-15(19)22-16(24-17)20-11-6-4-2-3-5-7-11;6-4-5-2-1-3-7-5/h10-11,13,15,17H,2-9,12,14H2,1H3,(H2,24,25,26,27,28);8-11H,2-7H2,1H3,(H2,20,21,22,23,24);5-6H,1-4H2. The van der Waals surface area contributed by atoms with Gasteiger partial charge in [0.05, 0.1) is 43.1 Å². The average Bonchev–Trinajstić information content (AvgIpc) is 3.88. The molecule has 2 aliphatic carbocycles. The molecule has 19 heteroatoms. The molecule has 5 N–H and O–H groups in total. The third kappa shape index (κ3) is 16.4. The Morgan fingerprint density at radius 2 is 1.03 bits per heavy atom. The fourth-order valence-electron chi connectivity index (χ4n) is 7.70. The average molecular weight is 932 g/mol. The van der Waals surface area contributed by atoms with Gasteiger partial charge in [-0.2, -0.15) is 29.9 Å². The number of halogens is 3. The van der Waals surface area contributed by atoms with Gasteiger partial charge in [-0.1, -0.05) is 74.6 Å². The first-order chi connectivity index (χ1) is 30.8. The minimum Gasteiger partial charge on any atom is -0.495 e. The summed E-state index contributed by atoms with van der Waals surface area (Å²) in [6, 6.07) is 11.8. The first kappa shape index (κ1) is 48.3. The lowest BCUT2D eigenvalue weighted by Crippen LogP contribution is -2.22. The lowest BCUT2D eigenvalue weighted by molar-refractivity contribution is 0.0591. The molecule has 4 heterocycles. The molecule has 2 unspecified atom stereocenters. The highest BCUT2D eigenvalue weighted by Crippen LogP contribution is 2.31. The molecule has 2 aromatic heterocycles. The number of benzene rings is 2. The van der Waals surface area contributed by atoms with E-state index in [0.717, 1.165) is 76.0 Å². The Labute approximate surface area is 385 Å². The van der Waals surface area contributed by atoms with Gasteiger partial charge in [0.25, 0.3) is 0 Å². The van der Waals surface area contributed by atoms with Crippen LogP contribution in [-0.4, -0.2) is 99.9 Å². The summed E-state index contributed by atoms with van der Waals surface area (Å²) in [6.45, 7) is 2.25. The largest absolute Gasteiger partial charge is 0.495 e. The van der Waals surface area contributed by atoms with E-state index in [-0.39, 0.29) is 30.1 Å². The first-order valence-corrected chi connectivity index (χ1v) is 23.3. The molecule has 344 valence electrons. The third-order valence-electron chi connectivity index (χ3n) is 11.1. The van der Waals surface area contributed by atoms with Crippen molar-refractivity contribution in [2.45, 2.75) is 127 Å². The highest BCUT2D eigenvalue weighted by atomic mass is 35.5. The van der Waals surface area contributed by atoms with E-state index >= 15 is 0 Å². The summed E-state index contributed by atoms with van der Waals surface area (Å²) in [7, 11) is 3.16. The van der Waals surface area contributed by atoms with Crippen molar-refractivity contribution in [3.63, 3.8) is 0 Å². The molecule has 4 fully saturated rings. The van der Waals surface area contributed by atoms with Crippen LogP contribution in [0.4, 0.5) is 35.2 Å². The quantitative estimate of drug-likeness (QED) is 0.0750. The number of nitrogens with one attached hydrogen (secondary N) is 4. The van der Waals surface area contributed by atoms with Gasteiger partial charge in [0, 0.05) is 36.7 Å². The second-order valence-corrected chi connectivity index (χ2v) is 17.0. The van der Waals surface area contributed by atoms with Crippen molar-refractivity contribution < 1.29 is 28.8 Å². The van der Waals surface area contributed by atoms with E-state index in [4.69, 9.17) is 63.6 Å². The maximum absolute atomic E-state index is 8.44. The molecule has 2 saturated carbocycles. The maximum Gasteiger partial charge on any atom is 0.323 e. The van der Waals surface area contributed by atoms with Gasteiger partial charge in [-0.25, -0.2) is 0 Å². The number of aliphatic hydroxyl groups is 1. The molecule has 63 heavy (non-hydrogen) atoms. The molecule has 4 aromatic rings. The summed E-state index contributed by atoms with van der Waals surface area (Å²) in [5, 5.41) is 22.8. The maximum atomic E-state index is 8.44. The van der Waals surface area contributed by atoms with Gasteiger partial charge in [-0.05, 0) is 99.4 Å². The van der Waals surface area contributed by atoms with Crippen LogP contribution in [0.1, 0.15) is 103 Å². The van der Waals surface area contributed by atoms with E-state index in [1.807, 2.05) is 12.1 Å². The molecule has 0 radical (unpaired) electrons. The monoisotopic (exact) mass is 930 g/mol. The number of nitrogens with zero attached hydrogens (tertiary/aromatic N) is 6. The minimum atomic E-state index is 0.0897. The summed E-state index contributed by atoms with van der Waals surface area (Å²) in [6.07, 6.45) is 19.0. The van der Waals surface area contributed by atoms with Crippen molar-refractivity contribution in [3.05, 3.63) is 51.7 Å². The van der Waals surface area contributed by atoms with Crippen molar-refractivity contribution in [1.29, 1.82) is 0 Å². The van der Waals surface area contributed by atoms with Gasteiger partial charge in [0.15, 0.2) is 0 Å². The fraction of sp³-hybridized carbons (Fsp3) is 0.591. The van der Waals surface area contributed by atoms with Crippen LogP contribution in [-0.2, 0) is 9.47 Å². The Morgan fingerprint density at radius 3 is 1.48 bits per heavy atom. The second-order valence-electron chi connectivity index (χ2n) is 15.9. The Kier molecular flexibility index (Phi) is 19.9. The van der Waals surface area contributed by atoms with E-state index in [1.165, 1.54) is 51.4 Å². The summed E-state index contributed by atoms with van der Waals surface area (Å²) >= 11 is 18.5. The van der Waals surface area contributed by atoms with Crippen LogP contribution in [0.5, 0.6) is 17.5 Å². The fourth-order valence-corrected chi connectivity index (χ4v) is 8.38. The number of anilines is 6. The number of aromatic nitrogens is 6. The summed E-state index contributed by atoms with van der Waals surface area (Å²) in [4.78, 5) is 26.3. The summed E-state index contributed by atoms with van der Waals surface area (Å²) in [5.41, 5.74) is 1.50. The Balaban J connectivity index is 0.000000184. The van der Waals surface area contributed by atoms with Gasteiger partial charge >= 0.3 is 6.01 Å². The van der Waals surface area contributed by atoms with Crippen LogP contribution in [0, 0.1) is 0 Å². The first-order valence-electron chi connectivity index (χ1n) is 22.2. The predicted octanol–water partition coefficient (Wildman–Crippen LogP) is 10.2. The molecule has 2 atom stereocenters. The van der Waals surface area contributed by atoms with Gasteiger partial charge in [0.2, 0.25) is 29.1 Å². The number of aliphatic hydroxyl groups excluding tert-OH is 1. The van der Waals surface area contributed by atoms with Crippen LogP contribution in [0.15, 0.2) is 36.4 Å². The van der Waals surface area contributed by atoms with Crippen LogP contribution in [0.2, 0.25) is 15.3 Å². The van der Waals surface area contributed by atoms with Crippen LogP contribution < -0.4 is 35.5 Å². The number of ether oxygens (including phenoxy) is 5. The Morgan fingerprint density at radius 1 is 0.571 bits per heavy atom. The smallest absolute Gasteiger partial charge is 0.323 e. The Hall–Kier alpha value is -4.19. The summed E-state index contributed by atoms with van der Waals surface area (Å²) < 4.78 is 26.9. The number of rotatable bonds is 14. The van der Waals surface area contributed by atoms with E-state index in [2.05, 4.69) is 51.2 Å². The molecular weight excluding hydrogens is 871 g/mol. The molecule has 16 nitrogen and oxygen atoms in total. The molecular formula is C44H61Cl3N10O6. The van der Waals surface area contributed by atoms with Gasteiger partial charge in [-0.3, -0.25) is 0 Å². The van der Waals surface area contributed by atoms with Crippen LogP contribution in [0.25, 0.3) is 0 Å². The zero-order valence-electron chi connectivity index (χ0n) is 36.2. The van der Waals surface area contributed by atoms with E-state index in [0.29, 0.717) is 64.0 Å². The SMILES string of the molecule is COc1ccc(Nc2nc(Cl)nc(NC3CCCCCC3)n2)cc1Cl.COc1ccc(Nc2nc(NC3CCCCCC3)nc(OCC3CCCO3)n2)cc1Cl.OCC1CCCO1. The van der Waals surface area contributed by atoms with Crippen molar-refractivity contribution in [1.82, 2.24) is 29.9 Å².